The van der Waals surface area contributed by atoms with Gasteiger partial charge in [0, 0.05) is 9.92 Å². The molecule has 74 valence electrons. The van der Waals surface area contributed by atoms with Crippen LogP contribution in [0.15, 0.2) is 41.8 Å². The third-order valence-electron chi connectivity index (χ3n) is 2.01. The Morgan fingerprint density at radius 3 is 2.71 bits per heavy atom. The van der Waals surface area contributed by atoms with E-state index in [-0.39, 0.29) is 0 Å². The summed E-state index contributed by atoms with van der Waals surface area (Å²) in [5.41, 5.74) is 2.34. The lowest BCUT2D eigenvalue weighted by molar-refractivity contribution is 1.40. The van der Waals surface area contributed by atoms with Crippen LogP contribution in [-0.2, 0) is 0 Å². The molecule has 0 aliphatic rings. The summed E-state index contributed by atoms with van der Waals surface area (Å²) in [6.45, 7) is 5.81. The fraction of sp³-hybridized carbons (Fsp3) is 0.167. The fourth-order valence-electron chi connectivity index (χ4n) is 1.29. The number of allylic oxidation sites excluding steroid dienone is 3. The summed E-state index contributed by atoms with van der Waals surface area (Å²) in [5.74, 6) is 0. The van der Waals surface area contributed by atoms with Gasteiger partial charge in [-0.3, -0.25) is 0 Å². The normalized spacial score (nSPS) is 11.5. The first-order valence-electron chi connectivity index (χ1n) is 4.35. The van der Waals surface area contributed by atoms with Crippen LogP contribution in [0.1, 0.15) is 12.5 Å². The Morgan fingerprint density at radius 2 is 2.21 bits per heavy atom. The molecule has 0 spiro atoms. The molecule has 1 aromatic carbocycles. The molecule has 0 aliphatic heterocycles. The summed E-state index contributed by atoms with van der Waals surface area (Å²) >= 11 is 7.62. The third kappa shape index (κ3) is 2.43. The van der Waals surface area contributed by atoms with Crippen molar-refractivity contribution in [3.63, 3.8) is 0 Å². The van der Waals surface area contributed by atoms with Crippen molar-refractivity contribution >= 4 is 28.9 Å². The monoisotopic (exact) mass is 224 g/mol. The van der Waals surface area contributed by atoms with Crippen LogP contribution in [0.5, 0.6) is 0 Å². The number of hydrogen-bond acceptors (Lipinski definition) is 1. The number of hydrogen-bond donors (Lipinski definition) is 0. The molecule has 0 N–H and O–H groups in total. The number of benzene rings is 1. The van der Waals surface area contributed by atoms with Crippen molar-refractivity contribution in [1.82, 2.24) is 0 Å². The summed E-state index contributed by atoms with van der Waals surface area (Å²) in [6.07, 6.45) is 5.96. The maximum atomic E-state index is 5.93. The van der Waals surface area contributed by atoms with Crippen molar-refractivity contribution in [3.05, 3.63) is 47.5 Å². The Morgan fingerprint density at radius 1 is 1.50 bits per heavy atom. The lowest BCUT2D eigenvalue weighted by Gasteiger charge is -2.08. The molecule has 0 heterocycles. The van der Waals surface area contributed by atoms with Crippen molar-refractivity contribution in [1.29, 1.82) is 0 Å². The van der Waals surface area contributed by atoms with E-state index in [1.807, 2.05) is 37.5 Å². The van der Waals surface area contributed by atoms with Crippen molar-refractivity contribution < 1.29 is 0 Å². The van der Waals surface area contributed by atoms with Crippen molar-refractivity contribution in [3.8, 4) is 0 Å². The molecule has 0 radical (unpaired) electrons. The van der Waals surface area contributed by atoms with Crippen LogP contribution >= 0.6 is 23.4 Å². The Kier molecular flexibility index (Phi) is 4.30. The first kappa shape index (κ1) is 11.4. The van der Waals surface area contributed by atoms with Gasteiger partial charge in [-0.25, -0.2) is 0 Å². The quantitative estimate of drug-likeness (QED) is 0.532. The molecule has 0 atom stereocenters. The molecular formula is C12H13ClS. The van der Waals surface area contributed by atoms with Crippen LogP contribution in [0, 0.1) is 0 Å². The standard InChI is InChI=1S/C12H13ClS/c1-4-9(5-2)11-7-6-10(13)8-12(11)14-3/h4-8H,1H2,2-3H3/b9-5+. The summed E-state index contributed by atoms with van der Waals surface area (Å²) < 4.78 is 0. The van der Waals surface area contributed by atoms with Crippen molar-refractivity contribution in [2.75, 3.05) is 6.26 Å². The largest absolute Gasteiger partial charge is 0.129 e. The maximum Gasteiger partial charge on any atom is 0.0417 e. The highest BCUT2D eigenvalue weighted by molar-refractivity contribution is 7.98. The molecule has 0 aromatic heterocycles. The maximum absolute atomic E-state index is 5.93. The summed E-state index contributed by atoms with van der Waals surface area (Å²) in [5, 5.41) is 0.776. The molecule has 0 nitrogen and oxygen atoms in total. The van der Waals surface area contributed by atoms with Gasteiger partial charge in [-0.15, -0.1) is 11.8 Å². The molecule has 0 saturated carbocycles. The highest BCUT2D eigenvalue weighted by Crippen LogP contribution is 2.29. The smallest absolute Gasteiger partial charge is 0.0417 e. The lowest BCUT2D eigenvalue weighted by Crippen LogP contribution is -1.84. The van der Waals surface area contributed by atoms with Crippen molar-refractivity contribution in [2.24, 2.45) is 0 Å². The van der Waals surface area contributed by atoms with Gasteiger partial charge in [0.15, 0.2) is 0 Å². The van der Waals surface area contributed by atoms with E-state index in [1.54, 1.807) is 11.8 Å². The molecule has 0 bridgehead atoms. The highest BCUT2D eigenvalue weighted by atomic mass is 35.5. The zero-order chi connectivity index (χ0) is 10.6. The average Bonchev–Trinajstić information content (AvgIpc) is 2.21. The van der Waals surface area contributed by atoms with Gasteiger partial charge in [0.1, 0.15) is 0 Å². The van der Waals surface area contributed by atoms with E-state index in [2.05, 4.69) is 12.7 Å². The van der Waals surface area contributed by atoms with E-state index in [0.717, 1.165) is 10.6 Å². The van der Waals surface area contributed by atoms with Crippen LogP contribution in [0.4, 0.5) is 0 Å². The van der Waals surface area contributed by atoms with Crippen molar-refractivity contribution in [2.45, 2.75) is 11.8 Å². The van der Waals surface area contributed by atoms with E-state index < -0.39 is 0 Å². The third-order valence-corrected chi connectivity index (χ3v) is 3.02. The summed E-state index contributed by atoms with van der Waals surface area (Å²) in [7, 11) is 0. The second-order valence-corrected chi connectivity index (χ2v) is 4.08. The molecular weight excluding hydrogens is 212 g/mol. The minimum absolute atomic E-state index is 0.776. The number of halogens is 1. The second-order valence-electron chi connectivity index (χ2n) is 2.79. The molecule has 1 aromatic rings. The topological polar surface area (TPSA) is 0 Å². The first-order chi connectivity index (χ1) is 6.72. The Hall–Kier alpha value is -0.660. The van der Waals surface area contributed by atoms with Crippen LogP contribution in [-0.4, -0.2) is 6.26 Å². The zero-order valence-corrected chi connectivity index (χ0v) is 9.95. The molecule has 1 rings (SSSR count). The average molecular weight is 225 g/mol. The zero-order valence-electron chi connectivity index (χ0n) is 8.38. The van der Waals surface area contributed by atoms with Gasteiger partial charge in [-0.1, -0.05) is 36.4 Å². The van der Waals surface area contributed by atoms with Crippen LogP contribution in [0.3, 0.4) is 0 Å². The molecule has 2 heteroatoms. The molecule has 0 amide bonds. The first-order valence-corrected chi connectivity index (χ1v) is 5.96. The molecule has 0 aliphatic carbocycles. The number of thioether (sulfide) groups is 1. The minimum atomic E-state index is 0.776. The predicted octanol–water partition coefficient (Wildman–Crippen LogP) is 4.65. The SMILES string of the molecule is C=C/C(=C\C)c1ccc(Cl)cc1SC. The predicted molar refractivity (Wildman–Crippen MR) is 67.1 cm³/mol. The second kappa shape index (κ2) is 5.28. The van der Waals surface area contributed by atoms with E-state index >= 15 is 0 Å². The summed E-state index contributed by atoms with van der Waals surface area (Å²) in [6, 6.07) is 5.92. The Labute approximate surface area is 94.7 Å². The molecule has 14 heavy (non-hydrogen) atoms. The van der Waals surface area contributed by atoms with Gasteiger partial charge >= 0.3 is 0 Å². The fourth-order valence-corrected chi connectivity index (χ4v) is 2.17. The van der Waals surface area contributed by atoms with E-state index in [4.69, 9.17) is 11.6 Å². The van der Waals surface area contributed by atoms with Crippen LogP contribution < -0.4 is 0 Å². The van der Waals surface area contributed by atoms with Gasteiger partial charge in [0.05, 0.1) is 0 Å². The van der Waals surface area contributed by atoms with E-state index in [1.165, 1.54) is 10.5 Å². The van der Waals surface area contributed by atoms with Gasteiger partial charge in [0.25, 0.3) is 0 Å². The molecule has 0 saturated heterocycles. The van der Waals surface area contributed by atoms with Crippen LogP contribution in [0.25, 0.3) is 5.57 Å². The van der Waals surface area contributed by atoms with Gasteiger partial charge in [-0.05, 0) is 36.4 Å². The Balaban J connectivity index is 3.26. The highest BCUT2D eigenvalue weighted by Gasteiger charge is 2.04. The Bertz CT molecular complexity index is 367. The van der Waals surface area contributed by atoms with E-state index in [0.29, 0.717) is 0 Å². The number of rotatable bonds is 3. The summed E-state index contributed by atoms with van der Waals surface area (Å²) in [4.78, 5) is 1.19. The van der Waals surface area contributed by atoms with Gasteiger partial charge in [-0.2, -0.15) is 0 Å². The lowest BCUT2D eigenvalue weighted by atomic mass is 10.1. The molecule has 0 fully saturated rings. The molecule has 0 unspecified atom stereocenters. The van der Waals surface area contributed by atoms with Gasteiger partial charge in [0.2, 0.25) is 0 Å². The van der Waals surface area contributed by atoms with Gasteiger partial charge < -0.3 is 0 Å². The van der Waals surface area contributed by atoms with Crippen LogP contribution in [0.2, 0.25) is 5.02 Å². The van der Waals surface area contributed by atoms with E-state index in [9.17, 15) is 0 Å². The minimum Gasteiger partial charge on any atom is -0.129 e.